The molecule has 1 amide bonds. The van der Waals surface area contributed by atoms with Crippen LogP contribution in [0.15, 0.2) is 12.2 Å². The largest absolute Gasteiger partial charge is 0.394 e. The number of carbonyl (C=O) groups is 1. The molecule has 3 atom stereocenters. The fourth-order valence-electron chi connectivity index (χ4n) is 4.79. The van der Waals surface area contributed by atoms with Crippen molar-refractivity contribution in [2.24, 2.45) is 0 Å². The number of rotatable bonds is 28. The summed E-state index contributed by atoms with van der Waals surface area (Å²) < 4.78 is 0. The van der Waals surface area contributed by atoms with E-state index in [2.05, 4.69) is 31.3 Å². The topological polar surface area (TPSA) is 89.8 Å². The SMILES string of the molecule is CCCC/C=C\CCCCC(O)CC(=O)NC(CO)C(O)CCCCCCCCCCCCCCCC. The summed E-state index contributed by atoms with van der Waals surface area (Å²) in [6.45, 7) is 4.17. The van der Waals surface area contributed by atoms with Crippen LogP contribution in [0.4, 0.5) is 0 Å². The second-order valence-electron chi connectivity index (χ2n) is 11.1. The molecule has 3 unspecified atom stereocenters. The summed E-state index contributed by atoms with van der Waals surface area (Å²) in [5.41, 5.74) is 0. The highest BCUT2D eigenvalue weighted by Crippen LogP contribution is 2.15. The molecule has 0 rings (SSSR count). The molecule has 0 bridgehead atoms. The second-order valence-corrected chi connectivity index (χ2v) is 11.1. The minimum absolute atomic E-state index is 0.0222. The lowest BCUT2D eigenvalue weighted by molar-refractivity contribution is -0.125. The number of amides is 1. The van der Waals surface area contributed by atoms with E-state index in [4.69, 9.17) is 0 Å². The van der Waals surface area contributed by atoms with E-state index in [1.165, 1.54) is 89.9 Å². The van der Waals surface area contributed by atoms with Crippen molar-refractivity contribution in [3.63, 3.8) is 0 Å². The molecule has 5 nitrogen and oxygen atoms in total. The molecule has 0 aliphatic rings. The maximum Gasteiger partial charge on any atom is 0.222 e. The normalized spacial score (nSPS) is 14.2. The quantitative estimate of drug-likeness (QED) is 0.0621. The third kappa shape index (κ3) is 25.1. The summed E-state index contributed by atoms with van der Waals surface area (Å²) in [5, 5.41) is 32.9. The fraction of sp³-hybridized carbons (Fsp3) is 0.906. The van der Waals surface area contributed by atoms with Crippen LogP contribution in [0.5, 0.6) is 0 Å². The molecular weight excluding hydrogens is 462 g/mol. The second kappa shape index (κ2) is 28.1. The van der Waals surface area contributed by atoms with E-state index in [9.17, 15) is 20.1 Å². The van der Waals surface area contributed by atoms with Crippen LogP contribution < -0.4 is 5.32 Å². The first-order chi connectivity index (χ1) is 18.0. The van der Waals surface area contributed by atoms with Gasteiger partial charge in [-0.05, 0) is 32.1 Å². The summed E-state index contributed by atoms with van der Waals surface area (Å²) in [7, 11) is 0. The van der Waals surface area contributed by atoms with E-state index >= 15 is 0 Å². The van der Waals surface area contributed by atoms with Crippen LogP contribution in [0.1, 0.15) is 162 Å². The standard InChI is InChI=1S/C32H63NO4/c1-3-5-7-9-11-13-14-15-16-17-18-20-22-24-26-31(36)30(28-34)33-32(37)27-29(35)25-23-21-19-12-10-8-6-4-2/h10,12,29-31,34-36H,3-9,11,13-28H2,1-2H3,(H,33,37)/b12-10-. The summed E-state index contributed by atoms with van der Waals surface area (Å²) >= 11 is 0. The average Bonchev–Trinajstić information content (AvgIpc) is 2.88. The highest BCUT2D eigenvalue weighted by molar-refractivity contribution is 5.76. The Morgan fingerprint density at radius 3 is 1.62 bits per heavy atom. The van der Waals surface area contributed by atoms with E-state index in [-0.39, 0.29) is 18.9 Å². The Balaban J connectivity index is 3.72. The highest BCUT2D eigenvalue weighted by Gasteiger charge is 2.21. The van der Waals surface area contributed by atoms with Crippen LogP contribution >= 0.6 is 0 Å². The molecule has 0 aromatic rings. The molecule has 5 heteroatoms. The van der Waals surface area contributed by atoms with Crippen molar-refractivity contribution >= 4 is 5.91 Å². The summed E-state index contributed by atoms with van der Waals surface area (Å²) in [4.78, 5) is 12.3. The Morgan fingerprint density at radius 2 is 1.11 bits per heavy atom. The van der Waals surface area contributed by atoms with Crippen molar-refractivity contribution in [2.75, 3.05) is 6.61 Å². The predicted octanol–water partition coefficient (Wildman–Crippen LogP) is 7.75. The lowest BCUT2D eigenvalue weighted by Crippen LogP contribution is -2.46. The molecule has 37 heavy (non-hydrogen) atoms. The molecule has 0 radical (unpaired) electrons. The molecule has 0 aliphatic carbocycles. The van der Waals surface area contributed by atoms with Crippen LogP contribution in [0.2, 0.25) is 0 Å². The van der Waals surface area contributed by atoms with E-state index in [1.54, 1.807) is 0 Å². The van der Waals surface area contributed by atoms with Gasteiger partial charge in [-0.1, -0.05) is 135 Å². The number of aliphatic hydroxyl groups is 3. The third-order valence-corrected chi connectivity index (χ3v) is 7.33. The Morgan fingerprint density at radius 1 is 0.649 bits per heavy atom. The Bertz CT molecular complexity index is 511. The third-order valence-electron chi connectivity index (χ3n) is 7.33. The Hall–Kier alpha value is -0.910. The molecular formula is C32H63NO4. The van der Waals surface area contributed by atoms with Gasteiger partial charge in [0.15, 0.2) is 0 Å². The monoisotopic (exact) mass is 525 g/mol. The van der Waals surface area contributed by atoms with Crippen LogP contribution in [0.3, 0.4) is 0 Å². The van der Waals surface area contributed by atoms with Crippen LogP contribution in [0.25, 0.3) is 0 Å². The molecule has 0 aliphatic heterocycles. The van der Waals surface area contributed by atoms with E-state index in [1.807, 2.05) is 0 Å². The van der Waals surface area contributed by atoms with Gasteiger partial charge >= 0.3 is 0 Å². The van der Waals surface area contributed by atoms with Gasteiger partial charge in [0.1, 0.15) is 0 Å². The van der Waals surface area contributed by atoms with Gasteiger partial charge in [-0.25, -0.2) is 0 Å². The zero-order valence-corrected chi connectivity index (χ0v) is 24.6. The molecule has 0 aromatic heterocycles. The molecule has 0 spiro atoms. The van der Waals surface area contributed by atoms with E-state index in [0.29, 0.717) is 12.8 Å². The number of hydrogen-bond acceptors (Lipinski definition) is 4. The van der Waals surface area contributed by atoms with Crippen LogP contribution in [-0.2, 0) is 4.79 Å². The zero-order valence-electron chi connectivity index (χ0n) is 24.6. The van der Waals surface area contributed by atoms with Gasteiger partial charge in [-0.3, -0.25) is 4.79 Å². The van der Waals surface area contributed by atoms with E-state index in [0.717, 1.165) is 38.5 Å². The molecule has 0 aromatic carbocycles. The minimum Gasteiger partial charge on any atom is -0.394 e. The molecule has 0 saturated carbocycles. The number of nitrogens with one attached hydrogen (secondary N) is 1. The van der Waals surface area contributed by atoms with Gasteiger partial charge in [-0.15, -0.1) is 0 Å². The summed E-state index contributed by atoms with van der Waals surface area (Å²) in [6.07, 6.45) is 28.8. The average molecular weight is 526 g/mol. The van der Waals surface area contributed by atoms with Gasteiger partial charge in [-0.2, -0.15) is 0 Å². The first kappa shape index (κ1) is 36.1. The number of hydrogen-bond donors (Lipinski definition) is 4. The zero-order chi connectivity index (χ0) is 27.4. The number of aliphatic hydroxyl groups excluding tert-OH is 3. The highest BCUT2D eigenvalue weighted by atomic mass is 16.3. The fourth-order valence-corrected chi connectivity index (χ4v) is 4.79. The van der Waals surface area contributed by atoms with Crippen molar-refractivity contribution in [3.05, 3.63) is 12.2 Å². The Labute approximate surface area is 229 Å². The number of unbranched alkanes of at least 4 members (excludes halogenated alkanes) is 17. The number of carbonyl (C=O) groups excluding carboxylic acids is 1. The van der Waals surface area contributed by atoms with Crippen molar-refractivity contribution < 1.29 is 20.1 Å². The van der Waals surface area contributed by atoms with Crippen molar-refractivity contribution in [1.82, 2.24) is 5.32 Å². The van der Waals surface area contributed by atoms with E-state index < -0.39 is 18.2 Å². The van der Waals surface area contributed by atoms with Gasteiger partial charge in [0.25, 0.3) is 0 Å². The first-order valence-electron chi connectivity index (χ1n) is 16.0. The van der Waals surface area contributed by atoms with Crippen LogP contribution in [-0.4, -0.2) is 46.1 Å². The summed E-state index contributed by atoms with van der Waals surface area (Å²) in [5.74, 6) is -0.300. The van der Waals surface area contributed by atoms with Gasteiger partial charge in [0.2, 0.25) is 5.91 Å². The lowest BCUT2D eigenvalue weighted by atomic mass is 10.0. The lowest BCUT2D eigenvalue weighted by Gasteiger charge is -2.23. The van der Waals surface area contributed by atoms with Crippen molar-refractivity contribution in [2.45, 2.75) is 180 Å². The molecule has 0 saturated heterocycles. The van der Waals surface area contributed by atoms with Crippen LogP contribution in [0, 0.1) is 0 Å². The Kier molecular flexibility index (Phi) is 27.4. The molecule has 220 valence electrons. The summed E-state index contributed by atoms with van der Waals surface area (Å²) in [6, 6.07) is -0.657. The van der Waals surface area contributed by atoms with Crippen molar-refractivity contribution in [3.8, 4) is 0 Å². The minimum atomic E-state index is -0.747. The number of allylic oxidation sites excluding steroid dienone is 2. The van der Waals surface area contributed by atoms with Gasteiger partial charge < -0.3 is 20.6 Å². The maximum atomic E-state index is 12.3. The first-order valence-corrected chi connectivity index (χ1v) is 16.0. The molecule has 0 fully saturated rings. The molecule has 4 N–H and O–H groups in total. The van der Waals surface area contributed by atoms with Gasteiger partial charge in [0, 0.05) is 0 Å². The molecule has 0 heterocycles. The smallest absolute Gasteiger partial charge is 0.222 e. The van der Waals surface area contributed by atoms with Crippen molar-refractivity contribution in [1.29, 1.82) is 0 Å². The maximum absolute atomic E-state index is 12.3. The van der Waals surface area contributed by atoms with Gasteiger partial charge in [0.05, 0.1) is 31.3 Å². The predicted molar refractivity (Wildman–Crippen MR) is 158 cm³/mol.